The summed E-state index contributed by atoms with van der Waals surface area (Å²) in [6, 6.07) is 85.3. The SMILES string of the molecule is C=CC[Si](C)(C)c1ccc(CCO)cc1.CCCNCCc1ccc(Br)cc1.CCCNCCc1ccc([Si](C)(C)CCCc2ccc(C)cc2)cc1.Cc1ccc(Br)cc1.Cc1ccc(CCC[Si](C)(C)c2ccc(CCBr)cc2)cc1.Cc1ccc(CCC[Si](C)(C)c2ccc(CCO)cc2)cc1.ClCCl. The van der Waals surface area contributed by atoms with Crippen LogP contribution in [0.5, 0.6) is 0 Å². The van der Waals surface area contributed by atoms with Crippen molar-refractivity contribution in [2.24, 2.45) is 0 Å². The van der Waals surface area contributed by atoms with Gasteiger partial charge in [-0.2, -0.15) is 0 Å². The topological polar surface area (TPSA) is 64.5 Å². The van der Waals surface area contributed by atoms with Crippen LogP contribution in [0.1, 0.15) is 113 Å². The molecular formula is C95H135Br3Cl2N2O2Si4. The first-order valence-electron chi connectivity index (χ1n) is 39.6. The van der Waals surface area contributed by atoms with Gasteiger partial charge in [0.25, 0.3) is 0 Å². The van der Waals surface area contributed by atoms with E-state index in [1.165, 1.54) is 147 Å². The number of alkyl halides is 3. The van der Waals surface area contributed by atoms with Crippen molar-refractivity contribution in [2.75, 3.05) is 50.1 Å². The van der Waals surface area contributed by atoms with Crippen LogP contribution in [-0.4, -0.2) is 92.6 Å². The summed E-state index contributed by atoms with van der Waals surface area (Å²) in [5, 5.41) is 32.1. The van der Waals surface area contributed by atoms with Crippen molar-refractivity contribution in [1.29, 1.82) is 0 Å². The average Bonchev–Trinajstić information content (AvgIpc) is 0.857. The number of halogens is 5. The molecule has 0 aliphatic rings. The van der Waals surface area contributed by atoms with Crippen molar-refractivity contribution in [3.63, 3.8) is 0 Å². The minimum atomic E-state index is -1.35. The van der Waals surface area contributed by atoms with Crippen LogP contribution < -0.4 is 31.4 Å². The van der Waals surface area contributed by atoms with Gasteiger partial charge in [-0.15, -0.1) is 29.8 Å². The Kier molecular flexibility index (Phi) is 50.5. The highest BCUT2D eigenvalue weighted by Crippen LogP contribution is 2.21. The molecule has 0 fully saturated rings. The van der Waals surface area contributed by atoms with Crippen LogP contribution in [0.25, 0.3) is 0 Å². The molecule has 4 N–H and O–H groups in total. The normalized spacial score (nSPS) is 11.1. The third-order valence-corrected chi connectivity index (χ3v) is 35.1. The molecule has 0 saturated carbocycles. The van der Waals surface area contributed by atoms with Crippen molar-refractivity contribution in [3.8, 4) is 0 Å². The number of aryl methyl sites for hydroxylation is 8. The lowest BCUT2D eigenvalue weighted by atomic mass is 10.1. The highest BCUT2D eigenvalue weighted by molar-refractivity contribution is 9.10. The first-order chi connectivity index (χ1) is 51.7. The Morgan fingerprint density at radius 1 is 0.333 bits per heavy atom. The lowest BCUT2D eigenvalue weighted by Gasteiger charge is -2.23. The molecule has 108 heavy (non-hydrogen) atoms. The van der Waals surface area contributed by atoms with Crippen molar-refractivity contribution < 1.29 is 10.2 Å². The molecule has 588 valence electrons. The van der Waals surface area contributed by atoms with Crippen molar-refractivity contribution in [1.82, 2.24) is 10.6 Å². The average molecular weight is 1760 g/mol. The van der Waals surface area contributed by atoms with Gasteiger partial charge in [0, 0.05) is 27.5 Å². The Hall–Kier alpha value is -4.55. The van der Waals surface area contributed by atoms with Crippen molar-refractivity contribution in [2.45, 2.75) is 202 Å². The smallest absolute Gasteiger partial charge is 0.0967 e. The van der Waals surface area contributed by atoms with E-state index in [-0.39, 0.29) is 18.6 Å². The molecule has 0 atom stereocenters. The van der Waals surface area contributed by atoms with Crippen LogP contribution in [0.2, 0.25) is 76.6 Å². The fourth-order valence-corrected chi connectivity index (χ4v) is 22.8. The van der Waals surface area contributed by atoms with E-state index in [0.717, 1.165) is 78.6 Å². The molecule has 13 heteroatoms. The number of benzene rings is 9. The monoisotopic (exact) mass is 1750 g/mol. The van der Waals surface area contributed by atoms with Gasteiger partial charge >= 0.3 is 0 Å². The van der Waals surface area contributed by atoms with E-state index >= 15 is 0 Å². The molecular weight excluding hydrogens is 1620 g/mol. The number of hydrogen-bond donors (Lipinski definition) is 4. The van der Waals surface area contributed by atoms with Crippen LogP contribution in [0.15, 0.2) is 240 Å². The lowest BCUT2D eigenvalue weighted by Crippen LogP contribution is -2.41. The highest BCUT2D eigenvalue weighted by atomic mass is 79.9. The molecule has 0 unspecified atom stereocenters. The molecule has 0 radical (unpaired) electrons. The summed E-state index contributed by atoms with van der Waals surface area (Å²) < 4.78 is 2.29. The van der Waals surface area contributed by atoms with Gasteiger partial charge in [0.15, 0.2) is 0 Å². The molecule has 9 aromatic rings. The van der Waals surface area contributed by atoms with Gasteiger partial charge < -0.3 is 20.8 Å². The zero-order chi connectivity index (χ0) is 79.6. The van der Waals surface area contributed by atoms with Crippen LogP contribution in [0.4, 0.5) is 0 Å². The minimum absolute atomic E-state index is 0.194. The molecule has 0 bridgehead atoms. The zero-order valence-corrected chi connectivity index (χ0v) is 78.8. The van der Waals surface area contributed by atoms with Gasteiger partial charge in [0.2, 0.25) is 0 Å². The maximum absolute atomic E-state index is 9.00. The van der Waals surface area contributed by atoms with E-state index in [1.54, 1.807) is 10.4 Å². The minimum Gasteiger partial charge on any atom is -0.396 e. The highest BCUT2D eigenvalue weighted by Gasteiger charge is 2.26. The van der Waals surface area contributed by atoms with Gasteiger partial charge in [-0.3, -0.25) is 0 Å². The second-order valence-electron chi connectivity index (χ2n) is 31.2. The van der Waals surface area contributed by atoms with E-state index in [2.05, 4.69) is 365 Å². The number of aliphatic hydroxyl groups is 2. The number of allylic oxidation sites excluding steroid dienone is 1. The van der Waals surface area contributed by atoms with E-state index < -0.39 is 32.3 Å². The molecule has 0 heterocycles. The molecule has 0 aliphatic heterocycles. The lowest BCUT2D eigenvalue weighted by molar-refractivity contribution is 0.299. The maximum atomic E-state index is 9.00. The van der Waals surface area contributed by atoms with Gasteiger partial charge in [0.05, 0.1) is 37.6 Å². The molecule has 0 amide bonds. The predicted molar refractivity (Wildman–Crippen MR) is 505 cm³/mol. The summed E-state index contributed by atoms with van der Waals surface area (Å²) in [6.07, 6.45) is 16.8. The van der Waals surface area contributed by atoms with Crippen LogP contribution in [0.3, 0.4) is 0 Å². The Morgan fingerprint density at radius 3 is 0.806 bits per heavy atom. The van der Waals surface area contributed by atoms with Crippen LogP contribution in [-0.2, 0) is 51.4 Å². The summed E-state index contributed by atoms with van der Waals surface area (Å²) in [5.41, 5.74) is 16.5. The van der Waals surface area contributed by atoms with Gasteiger partial charge in [-0.05, 0) is 193 Å². The quantitative estimate of drug-likeness (QED) is 0.0140. The summed E-state index contributed by atoms with van der Waals surface area (Å²) in [7, 11) is -5.29. The Morgan fingerprint density at radius 2 is 0.556 bits per heavy atom. The number of hydrogen-bond acceptors (Lipinski definition) is 4. The largest absolute Gasteiger partial charge is 0.396 e. The molecule has 9 aromatic carbocycles. The molecule has 0 spiro atoms. The fourth-order valence-electron chi connectivity index (χ4n) is 12.5. The Balaban J connectivity index is 0.000000342. The fraction of sp³-hybridized carbons (Fsp3) is 0.411. The van der Waals surface area contributed by atoms with Gasteiger partial charge in [-0.1, -0.05) is 395 Å². The maximum Gasteiger partial charge on any atom is 0.0967 e. The first kappa shape index (κ1) is 97.6. The number of nitrogens with one attached hydrogen (secondary N) is 2. The van der Waals surface area contributed by atoms with E-state index in [4.69, 9.17) is 33.4 Å². The van der Waals surface area contributed by atoms with E-state index in [1.807, 2.05) is 18.2 Å². The Bertz CT molecular complexity index is 3620. The number of aliphatic hydroxyl groups excluding tert-OH is 2. The molecule has 9 rings (SSSR count). The molecule has 4 nitrogen and oxygen atoms in total. The third-order valence-electron chi connectivity index (χ3n) is 19.9. The van der Waals surface area contributed by atoms with E-state index in [9.17, 15) is 0 Å². The van der Waals surface area contributed by atoms with E-state index in [0.29, 0.717) is 0 Å². The summed E-state index contributed by atoms with van der Waals surface area (Å²) in [4.78, 5) is 0. The van der Waals surface area contributed by atoms with Crippen molar-refractivity contribution in [3.05, 3.63) is 307 Å². The zero-order valence-electron chi connectivity index (χ0n) is 68.5. The number of rotatable bonds is 34. The Labute approximate surface area is 697 Å². The predicted octanol–water partition coefficient (Wildman–Crippen LogP) is 24.1. The summed E-state index contributed by atoms with van der Waals surface area (Å²) in [6.45, 7) is 41.3. The molecule has 0 saturated heterocycles. The summed E-state index contributed by atoms with van der Waals surface area (Å²) >= 11 is 19.8. The van der Waals surface area contributed by atoms with Gasteiger partial charge in [-0.25, -0.2) is 0 Å². The first-order valence-corrected chi connectivity index (χ1v) is 56.2. The third kappa shape index (κ3) is 42.4. The van der Waals surface area contributed by atoms with Crippen LogP contribution >= 0.6 is 71.0 Å². The van der Waals surface area contributed by atoms with Crippen LogP contribution in [0, 0.1) is 27.7 Å². The standard InChI is InChI=1S/C23H35NSi.C20H27BrSi.C20H28OSi.C13H20OSi.C11H16BrN.C7H7Br.CH2Cl2/c1-5-17-24-18-16-22-12-14-23(15-13-22)25(3,4)19-6-7-21-10-8-20(2)9-11-21;2*1-17-6-8-18(9-7-17)5-4-16-22(2,3)20-12-10-19(11-13-20)14-15-21;1-4-11-15(2,3)13-7-5-12(6-8-13)9-10-14;1-2-8-13-9-7-10-3-5-11(12)6-4-10;1-6-2-4-7(8)5-3-6;2-1-3/h8-15,24H,5-7,16-19H2,1-4H3;6-13H,4-5,14-16H2,1-3H3;6-13,21H,4-5,14-16H2,1-3H3;4-8,14H,1,9-11H2,2-3H3;3-6,13H,2,7-9H2,1H3;2-5H,1H3;1H2. The van der Waals surface area contributed by atoms with Gasteiger partial charge in [0.1, 0.15) is 0 Å². The summed E-state index contributed by atoms with van der Waals surface area (Å²) in [5.74, 6) is 0. The molecule has 0 aromatic heterocycles. The molecule has 0 aliphatic carbocycles. The second kappa shape index (κ2) is 55.8. The van der Waals surface area contributed by atoms with Crippen molar-refractivity contribution >= 4 is 124 Å². The second-order valence-corrected chi connectivity index (χ2v) is 54.0.